The highest BCUT2D eigenvalue weighted by atomic mass is 79.9. The van der Waals surface area contributed by atoms with E-state index < -0.39 is 6.09 Å². The number of aldehydes is 1. The van der Waals surface area contributed by atoms with Gasteiger partial charge in [0, 0.05) is 16.1 Å². The average Bonchev–Trinajstić information content (AvgIpc) is 3.09. The zero-order valence-corrected chi connectivity index (χ0v) is 10.7. The number of benzene rings is 1. The van der Waals surface area contributed by atoms with Crippen LogP contribution in [0.1, 0.15) is 28.8 Å². The first-order chi connectivity index (χ1) is 8.17. The molecule has 0 unspecified atom stereocenters. The number of carbonyl (C=O) groups is 2. The van der Waals surface area contributed by atoms with E-state index in [-0.39, 0.29) is 12.6 Å². The van der Waals surface area contributed by atoms with Gasteiger partial charge in [-0.3, -0.25) is 4.79 Å². The van der Waals surface area contributed by atoms with E-state index in [9.17, 15) is 9.59 Å². The zero-order chi connectivity index (χ0) is 12.3. The number of halogens is 1. The maximum Gasteiger partial charge on any atom is 0.407 e. The molecule has 0 bridgehead atoms. The summed E-state index contributed by atoms with van der Waals surface area (Å²) in [6, 6.07) is 5.51. The number of rotatable bonds is 4. The van der Waals surface area contributed by atoms with Crippen LogP contribution >= 0.6 is 15.9 Å². The minimum absolute atomic E-state index is 0.166. The molecule has 1 amide bonds. The van der Waals surface area contributed by atoms with Crippen LogP contribution in [0, 0.1) is 0 Å². The molecule has 90 valence electrons. The molecule has 2 rings (SSSR count). The van der Waals surface area contributed by atoms with Crippen molar-refractivity contribution in [1.82, 2.24) is 5.32 Å². The van der Waals surface area contributed by atoms with E-state index in [0.717, 1.165) is 29.2 Å². The quantitative estimate of drug-likeness (QED) is 0.869. The Morgan fingerprint density at radius 3 is 2.88 bits per heavy atom. The van der Waals surface area contributed by atoms with Crippen molar-refractivity contribution in [3.63, 3.8) is 0 Å². The largest absolute Gasteiger partial charge is 0.445 e. The van der Waals surface area contributed by atoms with Gasteiger partial charge < -0.3 is 10.1 Å². The van der Waals surface area contributed by atoms with Crippen molar-refractivity contribution in [3.8, 4) is 0 Å². The van der Waals surface area contributed by atoms with Crippen molar-refractivity contribution in [2.45, 2.75) is 25.5 Å². The van der Waals surface area contributed by atoms with Gasteiger partial charge in [0.1, 0.15) is 12.9 Å². The van der Waals surface area contributed by atoms with Crippen molar-refractivity contribution in [1.29, 1.82) is 0 Å². The zero-order valence-electron chi connectivity index (χ0n) is 9.11. The first-order valence-corrected chi connectivity index (χ1v) is 6.14. The van der Waals surface area contributed by atoms with Crippen LogP contribution in [0.15, 0.2) is 22.7 Å². The van der Waals surface area contributed by atoms with Gasteiger partial charge in [-0.05, 0) is 36.6 Å². The predicted molar refractivity (Wildman–Crippen MR) is 65.9 cm³/mol. The second-order valence-electron chi connectivity index (χ2n) is 4.01. The SMILES string of the molecule is O=Cc1cc(Br)cc(COC(=O)NC2CC2)c1. The van der Waals surface area contributed by atoms with E-state index in [1.807, 2.05) is 6.07 Å². The molecule has 1 aromatic rings. The molecule has 0 spiro atoms. The van der Waals surface area contributed by atoms with E-state index >= 15 is 0 Å². The van der Waals surface area contributed by atoms with Gasteiger partial charge in [0.2, 0.25) is 0 Å². The first kappa shape index (κ1) is 12.1. The minimum atomic E-state index is -0.403. The first-order valence-electron chi connectivity index (χ1n) is 5.35. The standard InChI is InChI=1S/C12H12BrNO3/c13-10-4-8(6-15)3-9(5-10)7-17-12(16)14-11-1-2-11/h3-6,11H,1-2,7H2,(H,14,16). The summed E-state index contributed by atoms with van der Waals surface area (Å²) < 4.78 is 5.84. The number of nitrogens with one attached hydrogen (secondary N) is 1. The fourth-order valence-electron chi connectivity index (χ4n) is 1.41. The molecule has 4 nitrogen and oxygen atoms in total. The highest BCUT2D eigenvalue weighted by Gasteiger charge is 2.23. The topological polar surface area (TPSA) is 55.4 Å². The van der Waals surface area contributed by atoms with Crippen LogP contribution in [0.25, 0.3) is 0 Å². The third-order valence-corrected chi connectivity index (χ3v) is 2.84. The number of hydrogen-bond acceptors (Lipinski definition) is 3. The maximum absolute atomic E-state index is 11.3. The molecular formula is C12H12BrNO3. The van der Waals surface area contributed by atoms with Crippen LogP contribution in [0.3, 0.4) is 0 Å². The summed E-state index contributed by atoms with van der Waals surface area (Å²) >= 11 is 3.30. The van der Waals surface area contributed by atoms with Gasteiger partial charge in [0.25, 0.3) is 0 Å². The molecular weight excluding hydrogens is 286 g/mol. The van der Waals surface area contributed by atoms with Gasteiger partial charge in [0.05, 0.1) is 0 Å². The second-order valence-corrected chi connectivity index (χ2v) is 4.92. The van der Waals surface area contributed by atoms with E-state index in [2.05, 4.69) is 21.2 Å². The lowest BCUT2D eigenvalue weighted by atomic mass is 10.1. The predicted octanol–water partition coefficient (Wildman–Crippen LogP) is 2.65. The summed E-state index contributed by atoms with van der Waals surface area (Å²) in [4.78, 5) is 22.0. The van der Waals surface area contributed by atoms with Crippen LogP contribution in [-0.4, -0.2) is 18.4 Å². The molecule has 0 aliphatic heterocycles. The fourth-order valence-corrected chi connectivity index (χ4v) is 1.97. The van der Waals surface area contributed by atoms with Gasteiger partial charge in [0.15, 0.2) is 0 Å². The second kappa shape index (κ2) is 5.31. The molecule has 5 heteroatoms. The van der Waals surface area contributed by atoms with Crippen molar-refractivity contribution in [3.05, 3.63) is 33.8 Å². The van der Waals surface area contributed by atoms with Crippen LogP contribution in [0.4, 0.5) is 4.79 Å². The van der Waals surface area contributed by atoms with Gasteiger partial charge >= 0.3 is 6.09 Å². The molecule has 17 heavy (non-hydrogen) atoms. The maximum atomic E-state index is 11.3. The summed E-state index contributed by atoms with van der Waals surface area (Å²) in [6.45, 7) is 0.166. The normalized spacial score (nSPS) is 14.2. The molecule has 0 atom stereocenters. The Morgan fingerprint density at radius 2 is 2.24 bits per heavy atom. The summed E-state index contributed by atoms with van der Waals surface area (Å²) in [5.74, 6) is 0. The summed E-state index contributed by atoms with van der Waals surface area (Å²) in [6.07, 6.45) is 2.42. The Balaban J connectivity index is 1.90. The smallest absolute Gasteiger partial charge is 0.407 e. The Kier molecular flexibility index (Phi) is 3.78. The Hall–Kier alpha value is -1.36. The third-order valence-electron chi connectivity index (χ3n) is 2.39. The van der Waals surface area contributed by atoms with Crippen molar-refractivity contribution in [2.75, 3.05) is 0 Å². The van der Waals surface area contributed by atoms with E-state index in [4.69, 9.17) is 4.74 Å². The Labute approximate surface area is 107 Å². The molecule has 0 radical (unpaired) electrons. The molecule has 0 aromatic heterocycles. The summed E-state index contributed by atoms with van der Waals surface area (Å²) in [7, 11) is 0. The average molecular weight is 298 g/mol. The number of carbonyl (C=O) groups excluding carboxylic acids is 2. The third kappa shape index (κ3) is 3.85. The molecule has 0 saturated heterocycles. The highest BCUT2D eigenvalue weighted by molar-refractivity contribution is 9.10. The lowest BCUT2D eigenvalue weighted by Crippen LogP contribution is -2.26. The molecule has 1 aromatic carbocycles. The summed E-state index contributed by atoms with van der Waals surface area (Å²) in [5, 5.41) is 2.72. The molecule has 1 saturated carbocycles. The van der Waals surface area contributed by atoms with Gasteiger partial charge in [-0.1, -0.05) is 15.9 Å². The van der Waals surface area contributed by atoms with Gasteiger partial charge in [-0.2, -0.15) is 0 Å². The summed E-state index contributed by atoms with van der Waals surface area (Å²) in [5.41, 5.74) is 1.34. The molecule has 1 aliphatic rings. The number of hydrogen-bond donors (Lipinski definition) is 1. The minimum Gasteiger partial charge on any atom is -0.445 e. The lowest BCUT2D eigenvalue weighted by Gasteiger charge is -2.07. The number of alkyl carbamates (subject to hydrolysis) is 1. The lowest BCUT2D eigenvalue weighted by molar-refractivity contribution is 0.112. The van der Waals surface area contributed by atoms with E-state index in [1.54, 1.807) is 12.1 Å². The fraction of sp³-hybridized carbons (Fsp3) is 0.333. The van der Waals surface area contributed by atoms with Crippen LogP contribution in [0.2, 0.25) is 0 Å². The van der Waals surface area contributed by atoms with Crippen molar-refractivity contribution in [2.24, 2.45) is 0 Å². The molecule has 1 fully saturated rings. The van der Waals surface area contributed by atoms with Crippen LogP contribution < -0.4 is 5.32 Å². The van der Waals surface area contributed by atoms with E-state index in [1.165, 1.54) is 0 Å². The van der Waals surface area contributed by atoms with E-state index in [0.29, 0.717) is 5.56 Å². The van der Waals surface area contributed by atoms with Crippen LogP contribution in [0.5, 0.6) is 0 Å². The van der Waals surface area contributed by atoms with Crippen LogP contribution in [-0.2, 0) is 11.3 Å². The number of amides is 1. The van der Waals surface area contributed by atoms with Gasteiger partial charge in [-0.15, -0.1) is 0 Å². The monoisotopic (exact) mass is 297 g/mol. The number of ether oxygens (including phenoxy) is 1. The molecule has 0 heterocycles. The van der Waals surface area contributed by atoms with Crippen molar-refractivity contribution >= 4 is 28.3 Å². The highest BCUT2D eigenvalue weighted by Crippen LogP contribution is 2.19. The van der Waals surface area contributed by atoms with Crippen molar-refractivity contribution < 1.29 is 14.3 Å². The molecule has 1 aliphatic carbocycles. The Bertz CT molecular complexity index is 443. The Morgan fingerprint density at radius 1 is 1.47 bits per heavy atom. The van der Waals surface area contributed by atoms with Gasteiger partial charge in [-0.25, -0.2) is 4.79 Å². The molecule has 1 N–H and O–H groups in total.